The first-order chi connectivity index (χ1) is 9.63. The maximum absolute atomic E-state index is 12.5. The number of hydrogen-bond acceptors (Lipinski definition) is 2. The average Bonchev–Trinajstić information content (AvgIpc) is 2.72. The molecule has 1 heterocycles. The second kappa shape index (κ2) is 5.01. The van der Waals surface area contributed by atoms with E-state index < -0.39 is 0 Å². The molecule has 0 atom stereocenters. The number of rotatable bonds is 2. The van der Waals surface area contributed by atoms with Crippen molar-refractivity contribution in [3.05, 3.63) is 62.7 Å². The first-order valence-electron chi connectivity index (χ1n) is 6.39. The monoisotopic (exact) mass is 377 g/mol. The van der Waals surface area contributed by atoms with Gasteiger partial charge in [0.25, 0.3) is 11.8 Å². The highest BCUT2D eigenvalue weighted by Gasteiger charge is 2.37. The molecule has 2 aromatic rings. The summed E-state index contributed by atoms with van der Waals surface area (Å²) in [7, 11) is 0. The molecule has 1 aliphatic heterocycles. The number of anilines is 1. The van der Waals surface area contributed by atoms with Gasteiger partial charge in [-0.3, -0.25) is 9.59 Å². The van der Waals surface area contributed by atoms with Gasteiger partial charge in [0.05, 0.1) is 16.8 Å². The summed E-state index contributed by atoms with van der Waals surface area (Å²) in [5, 5.41) is 0. The third-order valence-electron chi connectivity index (χ3n) is 3.46. The Balaban J connectivity index is 2.14. The van der Waals surface area contributed by atoms with Gasteiger partial charge in [0.1, 0.15) is 0 Å². The van der Waals surface area contributed by atoms with Crippen LogP contribution >= 0.6 is 22.6 Å². The van der Waals surface area contributed by atoms with Crippen LogP contribution in [0.2, 0.25) is 0 Å². The van der Waals surface area contributed by atoms with Crippen LogP contribution in [-0.4, -0.2) is 11.8 Å². The molecule has 2 amide bonds. The lowest BCUT2D eigenvalue weighted by atomic mass is 10.1. The lowest BCUT2D eigenvalue weighted by Crippen LogP contribution is -2.30. The van der Waals surface area contributed by atoms with Gasteiger partial charge in [0, 0.05) is 3.57 Å². The maximum Gasteiger partial charge on any atom is 0.266 e. The van der Waals surface area contributed by atoms with Crippen LogP contribution in [0.3, 0.4) is 0 Å². The predicted octanol–water partition coefficient (Wildman–Crippen LogP) is 3.65. The van der Waals surface area contributed by atoms with Crippen LogP contribution in [0.15, 0.2) is 42.5 Å². The van der Waals surface area contributed by atoms with Crippen LogP contribution in [-0.2, 0) is 6.42 Å². The molecule has 100 valence electrons. The van der Waals surface area contributed by atoms with Gasteiger partial charge in [-0.05, 0) is 64.9 Å². The molecule has 0 aromatic heterocycles. The number of nitrogens with zero attached hydrogens (tertiary/aromatic N) is 1. The van der Waals surface area contributed by atoms with E-state index in [-0.39, 0.29) is 11.8 Å². The SMILES string of the molecule is CCc1cc(I)ccc1N1C(=O)c2ccccc2C1=O. The summed E-state index contributed by atoms with van der Waals surface area (Å²) in [5.41, 5.74) is 2.67. The Hall–Kier alpha value is -1.69. The predicted molar refractivity (Wildman–Crippen MR) is 86.1 cm³/mol. The van der Waals surface area contributed by atoms with E-state index in [0.29, 0.717) is 16.8 Å². The van der Waals surface area contributed by atoms with Gasteiger partial charge in [0.2, 0.25) is 0 Å². The van der Waals surface area contributed by atoms with Gasteiger partial charge in [-0.15, -0.1) is 0 Å². The molecule has 1 aliphatic rings. The van der Waals surface area contributed by atoms with Crippen LogP contribution < -0.4 is 4.90 Å². The van der Waals surface area contributed by atoms with Crippen LogP contribution in [0.4, 0.5) is 5.69 Å². The quantitative estimate of drug-likeness (QED) is 0.592. The number of hydrogen-bond donors (Lipinski definition) is 0. The molecular weight excluding hydrogens is 365 g/mol. The summed E-state index contributed by atoms with van der Waals surface area (Å²) in [6.45, 7) is 2.02. The van der Waals surface area contributed by atoms with E-state index in [0.717, 1.165) is 15.6 Å². The molecule has 2 aromatic carbocycles. The largest absolute Gasteiger partial charge is 0.268 e. The van der Waals surface area contributed by atoms with E-state index in [9.17, 15) is 9.59 Å². The van der Waals surface area contributed by atoms with Gasteiger partial charge in [0.15, 0.2) is 0 Å². The van der Waals surface area contributed by atoms with E-state index in [1.165, 1.54) is 4.90 Å². The second-order valence-corrected chi connectivity index (χ2v) is 5.86. The molecule has 0 fully saturated rings. The Bertz CT molecular complexity index is 689. The van der Waals surface area contributed by atoms with Crippen LogP contribution in [0.1, 0.15) is 33.2 Å². The summed E-state index contributed by atoms with van der Waals surface area (Å²) in [4.78, 5) is 26.2. The van der Waals surface area contributed by atoms with Gasteiger partial charge >= 0.3 is 0 Å². The smallest absolute Gasteiger partial charge is 0.266 e. The topological polar surface area (TPSA) is 37.4 Å². The number of carbonyl (C=O) groups is 2. The summed E-state index contributed by atoms with van der Waals surface area (Å²) >= 11 is 2.23. The molecule has 0 bridgehead atoms. The molecule has 0 N–H and O–H groups in total. The Kier molecular flexibility index (Phi) is 3.33. The van der Waals surface area contributed by atoms with Crippen molar-refractivity contribution in [2.24, 2.45) is 0 Å². The summed E-state index contributed by atoms with van der Waals surface area (Å²) in [6.07, 6.45) is 0.777. The summed E-state index contributed by atoms with van der Waals surface area (Å²) in [5.74, 6) is -0.469. The van der Waals surface area contributed by atoms with Crippen LogP contribution in [0, 0.1) is 3.57 Å². The highest BCUT2D eigenvalue weighted by molar-refractivity contribution is 14.1. The number of halogens is 1. The molecule has 0 saturated heterocycles. The van der Waals surface area contributed by atoms with Crippen LogP contribution in [0.25, 0.3) is 0 Å². The Morgan fingerprint density at radius 1 is 1.00 bits per heavy atom. The number of fused-ring (bicyclic) bond motifs is 1. The maximum atomic E-state index is 12.5. The lowest BCUT2D eigenvalue weighted by Gasteiger charge is -2.17. The first kappa shape index (κ1) is 13.3. The summed E-state index contributed by atoms with van der Waals surface area (Å²) in [6, 6.07) is 12.7. The minimum Gasteiger partial charge on any atom is -0.268 e. The third-order valence-corrected chi connectivity index (χ3v) is 4.13. The van der Waals surface area contributed by atoms with Crippen molar-refractivity contribution in [1.29, 1.82) is 0 Å². The van der Waals surface area contributed by atoms with E-state index in [2.05, 4.69) is 22.6 Å². The molecule has 3 nitrogen and oxygen atoms in total. The van der Waals surface area contributed by atoms with E-state index in [1.807, 2.05) is 25.1 Å². The van der Waals surface area contributed by atoms with Gasteiger partial charge in [-0.25, -0.2) is 4.90 Å². The van der Waals surface area contributed by atoms with Crippen molar-refractivity contribution in [2.75, 3.05) is 4.90 Å². The standard InChI is InChI=1S/C16H12INO2/c1-2-10-9-11(17)7-8-14(10)18-15(19)12-5-3-4-6-13(12)16(18)20/h3-9H,2H2,1H3. The molecule has 4 heteroatoms. The fourth-order valence-corrected chi connectivity index (χ4v) is 3.02. The van der Waals surface area contributed by atoms with E-state index >= 15 is 0 Å². The second-order valence-electron chi connectivity index (χ2n) is 4.62. The van der Waals surface area contributed by atoms with Crippen molar-refractivity contribution >= 4 is 40.1 Å². The number of aryl methyl sites for hydroxylation is 1. The molecule has 0 aliphatic carbocycles. The zero-order valence-corrected chi connectivity index (χ0v) is 13.0. The molecule has 20 heavy (non-hydrogen) atoms. The van der Waals surface area contributed by atoms with Crippen molar-refractivity contribution < 1.29 is 9.59 Å². The average molecular weight is 377 g/mol. The minimum absolute atomic E-state index is 0.235. The van der Waals surface area contributed by atoms with Gasteiger partial charge < -0.3 is 0 Å². The normalized spacial score (nSPS) is 13.8. The zero-order chi connectivity index (χ0) is 14.3. The van der Waals surface area contributed by atoms with Crippen LogP contribution in [0.5, 0.6) is 0 Å². The van der Waals surface area contributed by atoms with Crippen molar-refractivity contribution in [3.63, 3.8) is 0 Å². The fraction of sp³-hybridized carbons (Fsp3) is 0.125. The van der Waals surface area contributed by atoms with E-state index in [1.54, 1.807) is 24.3 Å². The number of benzene rings is 2. The Morgan fingerprint density at radius 2 is 1.60 bits per heavy atom. The minimum atomic E-state index is -0.235. The third kappa shape index (κ3) is 1.95. The van der Waals surface area contributed by atoms with Crippen molar-refractivity contribution in [1.82, 2.24) is 0 Å². The van der Waals surface area contributed by atoms with E-state index in [4.69, 9.17) is 0 Å². The first-order valence-corrected chi connectivity index (χ1v) is 7.47. The fourth-order valence-electron chi connectivity index (χ4n) is 2.46. The van der Waals surface area contributed by atoms with Crippen molar-refractivity contribution in [2.45, 2.75) is 13.3 Å². The van der Waals surface area contributed by atoms with Gasteiger partial charge in [-0.2, -0.15) is 0 Å². The Morgan fingerprint density at radius 3 is 2.15 bits per heavy atom. The number of amides is 2. The lowest BCUT2D eigenvalue weighted by molar-refractivity contribution is 0.0926. The number of imide groups is 1. The highest BCUT2D eigenvalue weighted by Crippen LogP contribution is 2.31. The molecule has 0 saturated carbocycles. The summed E-state index contributed by atoms with van der Waals surface area (Å²) < 4.78 is 1.10. The van der Waals surface area contributed by atoms with Crippen molar-refractivity contribution in [3.8, 4) is 0 Å². The molecule has 3 rings (SSSR count). The number of carbonyl (C=O) groups excluding carboxylic acids is 2. The van der Waals surface area contributed by atoms with Gasteiger partial charge in [-0.1, -0.05) is 19.1 Å². The molecular formula is C16H12INO2. The molecule has 0 unspecified atom stereocenters. The molecule has 0 spiro atoms. The Labute approximate surface area is 130 Å². The zero-order valence-electron chi connectivity index (χ0n) is 10.9. The molecule has 0 radical (unpaired) electrons. The highest BCUT2D eigenvalue weighted by atomic mass is 127.